The third kappa shape index (κ3) is 2.46. The van der Waals surface area contributed by atoms with Gasteiger partial charge < -0.3 is 0 Å². The molecule has 0 rings (SSSR count). The second-order valence-electron chi connectivity index (χ2n) is 1.43. The molecule has 0 aromatic carbocycles. The van der Waals surface area contributed by atoms with Crippen molar-refractivity contribution in [1.82, 2.24) is 0 Å². The summed E-state index contributed by atoms with van der Waals surface area (Å²) in [5.74, 6) is 0. The van der Waals surface area contributed by atoms with Gasteiger partial charge in [-0.05, 0) is 19.9 Å². The second kappa shape index (κ2) is 4.32. The summed E-state index contributed by atoms with van der Waals surface area (Å²) in [5.41, 5.74) is 0.692. The minimum atomic E-state index is 0.644. The molecule has 3 heteroatoms. The molecule has 0 aliphatic carbocycles. The van der Waals surface area contributed by atoms with Crippen LogP contribution in [-0.4, -0.2) is 19.3 Å². The third-order valence-corrected chi connectivity index (χ3v) is 1.75. The molecule has 0 atom stereocenters. The fraction of sp³-hybridized carbons (Fsp3) is 0.333. The lowest BCUT2D eigenvalue weighted by Gasteiger charge is -1.93. The second-order valence-corrected chi connectivity index (χ2v) is 2.28. The number of carbonyl (C=O) groups is 1. The Kier molecular flexibility index (Phi) is 4.05. The standard InChI is InChI=1S/C6H9NOS/c1-5(7-2)6(4-8)9-3/h4H,2H2,1,3H3/b6-5-. The molecule has 0 fully saturated rings. The normalized spacial score (nSPS) is 12.2. The summed E-state index contributed by atoms with van der Waals surface area (Å²) in [5, 5.41) is 0. The summed E-state index contributed by atoms with van der Waals surface area (Å²) in [7, 11) is 0. The zero-order valence-electron chi connectivity index (χ0n) is 5.55. The Balaban J connectivity index is 4.36. The highest BCUT2D eigenvalue weighted by Crippen LogP contribution is 2.13. The fourth-order valence-corrected chi connectivity index (χ4v) is 0.815. The highest BCUT2D eigenvalue weighted by Gasteiger charge is 1.94. The number of carbonyl (C=O) groups excluding carboxylic acids is 1. The summed E-state index contributed by atoms with van der Waals surface area (Å²) in [4.78, 5) is 14.4. The van der Waals surface area contributed by atoms with Crippen LogP contribution in [0.2, 0.25) is 0 Å². The molecule has 0 saturated heterocycles. The van der Waals surface area contributed by atoms with Crippen LogP contribution < -0.4 is 0 Å². The van der Waals surface area contributed by atoms with E-state index < -0.39 is 0 Å². The molecule has 0 spiro atoms. The van der Waals surface area contributed by atoms with Crippen LogP contribution in [0.25, 0.3) is 0 Å². The molecule has 9 heavy (non-hydrogen) atoms. The van der Waals surface area contributed by atoms with Crippen molar-refractivity contribution in [2.75, 3.05) is 6.26 Å². The Morgan fingerprint density at radius 3 is 2.44 bits per heavy atom. The van der Waals surface area contributed by atoms with Crippen molar-refractivity contribution in [1.29, 1.82) is 0 Å². The summed E-state index contributed by atoms with van der Waals surface area (Å²) >= 11 is 1.38. The zero-order valence-corrected chi connectivity index (χ0v) is 6.36. The lowest BCUT2D eigenvalue weighted by Crippen LogP contribution is -1.80. The van der Waals surface area contributed by atoms with Crippen LogP contribution in [-0.2, 0) is 4.79 Å². The Labute approximate surface area is 59.1 Å². The monoisotopic (exact) mass is 143 g/mol. The van der Waals surface area contributed by atoms with E-state index in [0.717, 1.165) is 6.29 Å². The fourth-order valence-electron chi connectivity index (χ4n) is 0.359. The summed E-state index contributed by atoms with van der Waals surface area (Å²) < 4.78 is 0. The quantitative estimate of drug-likeness (QED) is 0.340. The van der Waals surface area contributed by atoms with E-state index in [1.165, 1.54) is 11.8 Å². The largest absolute Gasteiger partial charge is 0.297 e. The number of hydrogen-bond acceptors (Lipinski definition) is 3. The average molecular weight is 143 g/mol. The van der Waals surface area contributed by atoms with Crippen LogP contribution >= 0.6 is 11.8 Å². The van der Waals surface area contributed by atoms with Crippen molar-refractivity contribution < 1.29 is 4.79 Å². The average Bonchev–Trinajstić information content (AvgIpc) is 1.90. The number of nitrogens with zero attached hydrogens (tertiary/aromatic N) is 1. The Bertz CT molecular complexity index is 151. The first-order valence-corrected chi connectivity index (χ1v) is 3.65. The van der Waals surface area contributed by atoms with Crippen LogP contribution in [0, 0.1) is 0 Å². The van der Waals surface area contributed by atoms with E-state index in [0.29, 0.717) is 10.6 Å². The zero-order chi connectivity index (χ0) is 7.28. The lowest BCUT2D eigenvalue weighted by molar-refractivity contribution is -0.104. The van der Waals surface area contributed by atoms with Crippen molar-refractivity contribution >= 4 is 24.8 Å². The van der Waals surface area contributed by atoms with Crippen molar-refractivity contribution in [3.05, 3.63) is 10.6 Å². The Morgan fingerprint density at radius 1 is 1.78 bits per heavy atom. The molecule has 0 bridgehead atoms. The van der Waals surface area contributed by atoms with Crippen LogP contribution in [0.5, 0.6) is 0 Å². The molecule has 0 aromatic rings. The number of aldehydes is 1. The minimum Gasteiger partial charge on any atom is -0.297 e. The molecule has 0 amide bonds. The van der Waals surface area contributed by atoms with Gasteiger partial charge in [0.25, 0.3) is 0 Å². The molecule has 0 aromatic heterocycles. The van der Waals surface area contributed by atoms with Crippen molar-refractivity contribution in [3.8, 4) is 0 Å². The topological polar surface area (TPSA) is 29.4 Å². The molecule has 0 saturated carbocycles. The molecule has 0 radical (unpaired) electrons. The summed E-state index contributed by atoms with van der Waals surface area (Å²) in [6.07, 6.45) is 2.62. The lowest BCUT2D eigenvalue weighted by atomic mass is 10.5. The highest BCUT2D eigenvalue weighted by atomic mass is 32.2. The molecular weight excluding hydrogens is 134 g/mol. The van der Waals surface area contributed by atoms with Crippen LogP contribution in [0.3, 0.4) is 0 Å². The van der Waals surface area contributed by atoms with E-state index in [2.05, 4.69) is 11.7 Å². The highest BCUT2D eigenvalue weighted by molar-refractivity contribution is 8.03. The van der Waals surface area contributed by atoms with Crippen LogP contribution in [0.15, 0.2) is 15.6 Å². The van der Waals surface area contributed by atoms with E-state index in [-0.39, 0.29) is 0 Å². The van der Waals surface area contributed by atoms with Gasteiger partial charge in [0.1, 0.15) is 0 Å². The number of aliphatic imine (C=N–C) groups is 1. The number of allylic oxidation sites excluding steroid dienone is 2. The van der Waals surface area contributed by atoms with Gasteiger partial charge in [0.2, 0.25) is 0 Å². The summed E-state index contributed by atoms with van der Waals surface area (Å²) in [6.45, 7) is 5.05. The molecule has 2 nitrogen and oxygen atoms in total. The van der Waals surface area contributed by atoms with Gasteiger partial charge in [-0.1, -0.05) is 0 Å². The first-order valence-electron chi connectivity index (χ1n) is 2.43. The molecule has 0 heterocycles. The summed E-state index contributed by atoms with van der Waals surface area (Å²) in [6, 6.07) is 0. The van der Waals surface area contributed by atoms with Crippen molar-refractivity contribution in [3.63, 3.8) is 0 Å². The molecule has 0 aliphatic heterocycles. The minimum absolute atomic E-state index is 0.644. The predicted molar refractivity (Wildman–Crippen MR) is 41.8 cm³/mol. The van der Waals surface area contributed by atoms with Gasteiger partial charge in [0, 0.05) is 0 Å². The van der Waals surface area contributed by atoms with Gasteiger partial charge in [0.15, 0.2) is 6.29 Å². The maximum Gasteiger partial charge on any atom is 0.158 e. The van der Waals surface area contributed by atoms with Crippen molar-refractivity contribution in [2.45, 2.75) is 6.92 Å². The van der Waals surface area contributed by atoms with E-state index in [9.17, 15) is 4.79 Å². The van der Waals surface area contributed by atoms with E-state index in [4.69, 9.17) is 0 Å². The molecule has 0 aliphatic rings. The van der Waals surface area contributed by atoms with Gasteiger partial charge in [-0.15, -0.1) is 11.8 Å². The first-order chi connectivity index (χ1) is 4.26. The van der Waals surface area contributed by atoms with Gasteiger partial charge in [-0.2, -0.15) is 0 Å². The maximum atomic E-state index is 10.2. The van der Waals surface area contributed by atoms with Crippen LogP contribution in [0.4, 0.5) is 0 Å². The smallest absolute Gasteiger partial charge is 0.158 e. The third-order valence-electron chi connectivity index (χ3n) is 0.921. The number of thioether (sulfide) groups is 1. The SMILES string of the molecule is C=N/C(C)=C(/C=O)SC. The number of rotatable bonds is 3. The van der Waals surface area contributed by atoms with E-state index in [1.807, 2.05) is 6.26 Å². The Hall–Kier alpha value is -0.570. The van der Waals surface area contributed by atoms with Crippen LogP contribution in [0.1, 0.15) is 6.92 Å². The molecule has 50 valence electrons. The number of hydrogen-bond donors (Lipinski definition) is 0. The predicted octanol–water partition coefficient (Wildman–Crippen LogP) is 1.48. The van der Waals surface area contributed by atoms with E-state index in [1.54, 1.807) is 6.92 Å². The Morgan fingerprint density at radius 2 is 2.33 bits per heavy atom. The van der Waals surface area contributed by atoms with Gasteiger partial charge in [0.05, 0.1) is 10.6 Å². The maximum absolute atomic E-state index is 10.2. The van der Waals surface area contributed by atoms with Gasteiger partial charge >= 0.3 is 0 Å². The first kappa shape index (κ1) is 8.43. The molecular formula is C6H9NOS. The van der Waals surface area contributed by atoms with E-state index >= 15 is 0 Å². The van der Waals surface area contributed by atoms with Gasteiger partial charge in [-0.3, -0.25) is 9.79 Å². The van der Waals surface area contributed by atoms with Crippen molar-refractivity contribution in [2.24, 2.45) is 4.99 Å². The van der Waals surface area contributed by atoms with Gasteiger partial charge in [-0.25, -0.2) is 0 Å². The molecule has 0 unspecified atom stereocenters. The molecule has 0 N–H and O–H groups in total.